The molecular weight excluding hydrogens is 411 g/mol. The molecule has 0 unspecified atom stereocenters. The topological polar surface area (TPSA) is 87.7 Å². The SMILES string of the molecule is COc1cc(C[C@]2(CCC(=O)NC34C[C@@H]5C[C@H](CC(O)(C5)C3)C4)CCC(=O)N2)ccc1F. The summed E-state index contributed by atoms with van der Waals surface area (Å²) in [4.78, 5) is 25.1. The van der Waals surface area contributed by atoms with Gasteiger partial charge in [0.25, 0.3) is 0 Å². The van der Waals surface area contributed by atoms with Gasteiger partial charge < -0.3 is 20.5 Å². The van der Waals surface area contributed by atoms with Crippen molar-refractivity contribution in [1.82, 2.24) is 10.6 Å². The van der Waals surface area contributed by atoms with E-state index in [0.29, 0.717) is 50.4 Å². The van der Waals surface area contributed by atoms with Gasteiger partial charge in [0, 0.05) is 23.9 Å². The van der Waals surface area contributed by atoms with Crippen molar-refractivity contribution in [1.29, 1.82) is 0 Å². The van der Waals surface area contributed by atoms with E-state index in [9.17, 15) is 19.1 Å². The third kappa shape index (κ3) is 4.12. The first-order chi connectivity index (χ1) is 15.2. The first kappa shape index (κ1) is 21.7. The summed E-state index contributed by atoms with van der Waals surface area (Å²) < 4.78 is 18.9. The van der Waals surface area contributed by atoms with Crippen molar-refractivity contribution in [3.8, 4) is 5.75 Å². The predicted octanol–water partition coefficient (Wildman–Crippen LogP) is 3.01. The fourth-order valence-corrected chi connectivity index (χ4v) is 7.46. The summed E-state index contributed by atoms with van der Waals surface area (Å²) in [5.41, 5.74) is -0.530. The molecule has 0 radical (unpaired) electrons. The molecule has 1 saturated heterocycles. The smallest absolute Gasteiger partial charge is 0.220 e. The molecule has 4 aliphatic carbocycles. The second-order valence-corrected chi connectivity index (χ2v) is 11.0. The minimum Gasteiger partial charge on any atom is -0.494 e. The maximum Gasteiger partial charge on any atom is 0.220 e. The lowest BCUT2D eigenvalue weighted by atomic mass is 9.51. The number of carbonyl (C=O) groups excluding carboxylic acids is 2. The van der Waals surface area contributed by atoms with Gasteiger partial charge in [-0.2, -0.15) is 0 Å². The molecule has 0 spiro atoms. The van der Waals surface area contributed by atoms with Gasteiger partial charge in [0.05, 0.1) is 12.7 Å². The van der Waals surface area contributed by atoms with Crippen molar-refractivity contribution < 1.29 is 23.8 Å². The summed E-state index contributed by atoms with van der Waals surface area (Å²) in [5.74, 6) is 0.762. The summed E-state index contributed by atoms with van der Waals surface area (Å²) in [6, 6.07) is 4.75. The lowest BCUT2D eigenvalue weighted by Gasteiger charge is -2.60. The standard InChI is InChI=1S/C25H33FN2O4/c1-32-20-9-16(2-3-19(20)26)10-23(6-4-21(29)27-23)7-5-22(30)28-24-11-17-8-18(12-24)14-25(31,13-17)15-24/h2-3,9,17-18,31H,4-8,10-15H2,1H3,(H,27,29)(H,28,30)/t17-,18-,23+,24?,25?/m0/s1. The van der Waals surface area contributed by atoms with Crippen LogP contribution in [0.25, 0.3) is 0 Å². The molecule has 2 amide bonds. The van der Waals surface area contributed by atoms with Gasteiger partial charge in [0.2, 0.25) is 11.8 Å². The van der Waals surface area contributed by atoms with Gasteiger partial charge in [-0.25, -0.2) is 4.39 Å². The second-order valence-electron chi connectivity index (χ2n) is 11.0. The van der Waals surface area contributed by atoms with Gasteiger partial charge in [-0.1, -0.05) is 6.07 Å². The Bertz CT molecular complexity index is 921. The third-order valence-electron chi connectivity index (χ3n) is 8.26. The summed E-state index contributed by atoms with van der Waals surface area (Å²) in [6.07, 6.45) is 7.96. The molecule has 0 aromatic heterocycles. The Kier molecular flexibility index (Phi) is 5.23. The Morgan fingerprint density at radius 1 is 1.28 bits per heavy atom. The predicted molar refractivity (Wildman–Crippen MR) is 117 cm³/mol. The number of rotatable bonds is 7. The average molecular weight is 445 g/mol. The fraction of sp³-hybridized carbons (Fsp3) is 0.680. The highest BCUT2D eigenvalue weighted by atomic mass is 19.1. The van der Waals surface area contributed by atoms with Crippen LogP contribution >= 0.6 is 0 Å². The Labute approximate surface area is 188 Å². The number of hydrogen-bond acceptors (Lipinski definition) is 4. The molecule has 1 aromatic rings. The Morgan fingerprint density at radius 2 is 2.03 bits per heavy atom. The van der Waals surface area contributed by atoms with Crippen molar-refractivity contribution in [2.24, 2.45) is 11.8 Å². The highest BCUT2D eigenvalue weighted by Gasteiger charge is 2.57. The van der Waals surface area contributed by atoms with E-state index in [4.69, 9.17) is 4.74 Å². The van der Waals surface area contributed by atoms with Crippen LogP contribution in [0.5, 0.6) is 5.75 Å². The van der Waals surface area contributed by atoms with E-state index in [1.165, 1.54) is 19.6 Å². The molecule has 4 bridgehead atoms. The highest BCUT2D eigenvalue weighted by molar-refractivity contribution is 5.80. The molecule has 6 rings (SSSR count). The molecule has 32 heavy (non-hydrogen) atoms. The van der Waals surface area contributed by atoms with Gasteiger partial charge >= 0.3 is 0 Å². The number of hydrogen-bond donors (Lipinski definition) is 3. The molecule has 3 atom stereocenters. The van der Waals surface area contributed by atoms with Crippen molar-refractivity contribution in [2.75, 3.05) is 7.11 Å². The Morgan fingerprint density at radius 3 is 2.66 bits per heavy atom. The molecule has 6 nitrogen and oxygen atoms in total. The highest BCUT2D eigenvalue weighted by Crippen LogP contribution is 2.57. The van der Waals surface area contributed by atoms with E-state index in [2.05, 4.69) is 10.6 Å². The lowest BCUT2D eigenvalue weighted by Crippen LogP contribution is -2.65. The van der Waals surface area contributed by atoms with E-state index in [1.807, 2.05) is 0 Å². The van der Waals surface area contributed by atoms with Crippen LogP contribution in [0, 0.1) is 17.7 Å². The summed E-state index contributed by atoms with van der Waals surface area (Å²) in [5, 5.41) is 17.3. The van der Waals surface area contributed by atoms with Crippen molar-refractivity contribution in [2.45, 2.75) is 87.3 Å². The molecule has 1 heterocycles. The fourth-order valence-electron chi connectivity index (χ4n) is 7.46. The van der Waals surface area contributed by atoms with Crippen LogP contribution in [0.1, 0.15) is 69.8 Å². The normalized spacial score (nSPS) is 37.4. The average Bonchev–Trinajstić information content (AvgIpc) is 3.06. The van der Waals surface area contributed by atoms with Crippen LogP contribution in [0.15, 0.2) is 18.2 Å². The summed E-state index contributed by atoms with van der Waals surface area (Å²) in [7, 11) is 1.43. The molecule has 5 aliphatic rings. The summed E-state index contributed by atoms with van der Waals surface area (Å²) in [6.45, 7) is 0. The number of benzene rings is 1. The number of methoxy groups -OCH3 is 1. The molecule has 3 N–H and O–H groups in total. The number of amides is 2. The molecule has 1 aliphatic heterocycles. The maximum absolute atomic E-state index is 13.8. The Balaban J connectivity index is 1.25. The van der Waals surface area contributed by atoms with Gasteiger partial charge in [-0.3, -0.25) is 9.59 Å². The van der Waals surface area contributed by atoms with Crippen LogP contribution in [0.3, 0.4) is 0 Å². The minimum atomic E-state index is -0.611. The van der Waals surface area contributed by atoms with E-state index >= 15 is 0 Å². The third-order valence-corrected chi connectivity index (χ3v) is 8.26. The number of ether oxygens (including phenoxy) is 1. The summed E-state index contributed by atoms with van der Waals surface area (Å²) >= 11 is 0. The number of halogens is 1. The largest absolute Gasteiger partial charge is 0.494 e. The van der Waals surface area contributed by atoms with Crippen molar-refractivity contribution in [3.63, 3.8) is 0 Å². The molecule has 7 heteroatoms. The molecule has 4 saturated carbocycles. The van der Waals surface area contributed by atoms with E-state index < -0.39 is 17.0 Å². The van der Waals surface area contributed by atoms with Crippen LogP contribution in [0.4, 0.5) is 4.39 Å². The number of nitrogens with one attached hydrogen (secondary N) is 2. The Hall–Kier alpha value is -2.15. The van der Waals surface area contributed by atoms with Crippen LogP contribution in [-0.4, -0.2) is 40.7 Å². The van der Waals surface area contributed by atoms with E-state index in [-0.39, 0.29) is 23.1 Å². The van der Waals surface area contributed by atoms with Crippen LogP contribution in [-0.2, 0) is 16.0 Å². The number of aliphatic hydroxyl groups is 1. The first-order valence-electron chi connectivity index (χ1n) is 11.9. The zero-order valence-electron chi connectivity index (χ0n) is 18.7. The van der Waals surface area contributed by atoms with E-state index in [0.717, 1.165) is 31.2 Å². The number of carbonyl (C=O) groups is 2. The maximum atomic E-state index is 13.8. The quantitative estimate of drug-likeness (QED) is 0.603. The zero-order valence-corrected chi connectivity index (χ0v) is 18.7. The molecule has 5 fully saturated rings. The van der Waals surface area contributed by atoms with Gasteiger partial charge in [-0.15, -0.1) is 0 Å². The second kappa shape index (κ2) is 7.72. The van der Waals surface area contributed by atoms with Gasteiger partial charge in [0.1, 0.15) is 0 Å². The van der Waals surface area contributed by atoms with Crippen LogP contribution < -0.4 is 15.4 Å². The van der Waals surface area contributed by atoms with Crippen molar-refractivity contribution >= 4 is 11.8 Å². The van der Waals surface area contributed by atoms with Gasteiger partial charge in [-0.05, 0) is 87.3 Å². The zero-order chi connectivity index (χ0) is 22.6. The molecular formula is C25H33FN2O4. The van der Waals surface area contributed by atoms with E-state index in [1.54, 1.807) is 12.1 Å². The monoisotopic (exact) mass is 444 g/mol. The first-order valence-corrected chi connectivity index (χ1v) is 11.9. The van der Waals surface area contributed by atoms with Gasteiger partial charge in [0.15, 0.2) is 11.6 Å². The minimum absolute atomic E-state index is 0.00670. The molecule has 174 valence electrons. The molecule has 1 aromatic carbocycles. The van der Waals surface area contributed by atoms with Crippen molar-refractivity contribution in [3.05, 3.63) is 29.6 Å². The lowest BCUT2D eigenvalue weighted by molar-refractivity contribution is -0.151. The van der Waals surface area contributed by atoms with Crippen LogP contribution in [0.2, 0.25) is 0 Å².